The van der Waals surface area contributed by atoms with E-state index in [0.29, 0.717) is 19.8 Å². The lowest BCUT2D eigenvalue weighted by molar-refractivity contribution is -0.125. The highest BCUT2D eigenvalue weighted by Gasteiger charge is 2.20. The van der Waals surface area contributed by atoms with Gasteiger partial charge >= 0.3 is 0 Å². The maximum absolute atomic E-state index is 11.8. The van der Waals surface area contributed by atoms with Crippen molar-refractivity contribution in [3.05, 3.63) is 29.8 Å². The van der Waals surface area contributed by atoms with Crippen molar-refractivity contribution in [1.29, 1.82) is 0 Å². The molecule has 0 aromatic heterocycles. The van der Waals surface area contributed by atoms with Crippen LogP contribution in [0.25, 0.3) is 0 Å². The molecule has 1 fully saturated rings. The second-order valence-electron chi connectivity index (χ2n) is 4.47. The molecule has 0 aliphatic carbocycles. The maximum atomic E-state index is 11.8. The highest BCUT2D eigenvalue weighted by molar-refractivity contribution is 5.81. The van der Waals surface area contributed by atoms with Gasteiger partial charge in [-0.3, -0.25) is 4.79 Å². The Hall–Kier alpha value is -1.59. The van der Waals surface area contributed by atoms with Crippen molar-refractivity contribution >= 4 is 5.91 Å². The van der Waals surface area contributed by atoms with Crippen molar-refractivity contribution in [3.63, 3.8) is 0 Å². The number of carbonyl (C=O) groups is 1. The summed E-state index contributed by atoms with van der Waals surface area (Å²) in [5.74, 6) is 0.851. The number of hydrogen-bond acceptors (Lipinski definition) is 4. The van der Waals surface area contributed by atoms with Crippen LogP contribution in [0.3, 0.4) is 0 Å². The zero-order chi connectivity index (χ0) is 13.5. The lowest BCUT2D eigenvalue weighted by atomic mass is 10.1. The molecule has 0 bridgehead atoms. The number of hydrogen-bond donors (Lipinski definition) is 2. The molecule has 1 aromatic rings. The van der Waals surface area contributed by atoms with Gasteiger partial charge in [-0.25, -0.2) is 0 Å². The van der Waals surface area contributed by atoms with Gasteiger partial charge in [0.25, 0.3) is 0 Å². The van der Waals surface area contributed by atoms with Crippen LogP contribution in [0.5, 0.6) is 5.75 Å². The van der Waals surface area contributed by atoms with Gasteiger partial charge in [-0.1, -0.05) is 12.1 Å². The summed E-state index contributed by atoms with van der Waals surface area (Å²) in [6, 6.07) is 7.64. The van der Waals surface area contributed by atoms with Crippen molar-refractivity contribution in [3.8, 4) is 5.75 Å². The molecule has 1 atom stereocenters. The second kappa shape index (κ2) is 7.11. The summed E-state index contributed by atoms with van der Waals surface area (Å²) in [7, 11) is 1.65. The van der Waals surface area contributed by atoms with Crippen LogP contribution in [0.4, 0.5) is 0 Å². The topological polar surface area (TPSA) is 59.6 Å². The molecule has 1 saturated heterocycles. The molecule has 1 unspecified atom stereocenters. The van der Waals surface area contributed by atoms with E-state index in [1.165, 1.54) is 5.56 Å². The fourth-order valence-electron chi connectivity index (χ4n) is 1.98. The van der Waals surface area contributed by atoms with E-state index in [1.54, 1.807) is 7.11 Å². The summed E-state index contributed by atoms with van der Waals surface area (Å²) >= 11 is 0. The minimum absolute atomic E-state index is 0.00760. The first-order chi connectivity index (χ1) is 9.29. The molecule has 1 aliphatic rings. The third kappa shape index (κ3) is 4.22. The molecule has 104 valence electrons. The molecule has 1 amide bonds. The molecule has 1 heterocycles. The number of amides is 1. The number of ether oxygens (including phenoxy) is 2. The van der Waals surface area contributed by atoms with Crippen molar-refractivity contribution in [2.75, 3.05) is 33.4 Å². The van der Waals surface area contributed by atoms with E-state index < -0.39 is 0 Å². The Morgan fingerprint density at radius 3 is 2.89 bits per heavy atom. The second-order valence-corrected chi connectivity index (χ2v) is 4.47. The van der Waals surface area contributed by atoms with Gasteiger partial charge in [0.15, 0.2) is 0 Å². The summed E-state index contributed by atoms with van der Waals surface area (Å²) in [6.07, 6.45) is 0.809. The summed E-state index contributed by atoms with van der Waals surface area (Å²) in [5.41, 5.74) is 1.17. The van der Waals surface area contributed by atoms with Crippen LogP contribution in [0, 0.1) is 0 Å². The van der Waals surface area contributed by atoms with E-state index in [-0.39, 0.29) is 11.9 Å². The molecular formula is C14H20N2O3. The Balaban J connectivity index is 1.71. The van der Waals surface area contributed by atoms with Gasteiger partial charge in [0.05, 0.1) is 20.3 Å². The lowest BCUT2D eigenvalue weighted by Gasteiger charge is -2.22. The predicted octanol–water partition coefficient (Wildman–Crippen LogP) is 0.342. The summed E-state index contributed by atoms with van der Waals surface area (Å²) in [4.78, 5) is 11.8. The van der Waals surface area contributed by atoms with Gasteiger partial charge in [-0.2, -0.15) is 0 Å². The number of benzene rings is 1. The first-order valence-corrected chi connectivity index (χ1v) is 6.51. The monoisotopic (exact) mass is 264 g/mol. The minimum atomic E-state index is -0.218. The first kappa shape index (κ1) is 13.8. The molecule has 2 N–H and O–H groups in total. The number of morpholine rings is 1. The average molecular weight is 264 g/mol. The predicted molar refractivity (Wildman–Crippen MR) is 72.3 cm³/mol. The molecule has 0 spiro atoms. The van der Waals surface area contributed by atoms with E-state index in [9.17, 15) is 4.79 Å². The van der Waals surface area contributed by atoms with E-state index in [4.69, 9.17) is 9.47 Å². The molecule has 1 aromatic carbocycles. The Morgan fingerprint density at radius 1 is 1.47 bits per heavy atom. The van der Waals surface area contributed by atoms with Gasteiger partial charge in [0, 0.05) is 13.1 Å². The van der Waals surface area contributed by atoms with Gasteiger partial charge in [-0.15, -0.1) is 0 Å². The molecule has 5 heteroatoms. The quantitative estimate of drug-likeness (QED) is 0.805. The number of carbonyl (C=O) groups excluding carboxylic acids is 1. The number of methoxy groups -OCH3 is 1. The van der Waals surface area contributed by atoms with Gasteiger partial charge in [0.2, 0.25) is 5.91 Å². The molecule has 19 heavy (non-hydrogen) atoms. The van der Waals surface area contributed by atoms with E-state index in [2.05, 4.69) is 10.6 Å². The van der Waals surface area contributed by atoms with E-state index in [0.717, 1.165) is 18.7 Å². The zero-order valence-corrected chi connectivity index (χ0v) is 11.1. The standard InChI is InChI=1S/C14H20N2O3/c1-18-12-4-2-11(3-5-12)6-7-16-14(17)13-10-19-9-8-15-13/h2-5,13,15H,6-10H2,1H3,(H,16,17). The third-order valence-corrected chi connectivity index (χ3v) is 3.11. The Bertz CT molecular complexity index is 400. The van der Waals surface area contributed by atoms with Crippen molar-refractivity contribution in [1.82, 2.24) is 10.6 Å². The minimum Gasteiger partial charge on any atom is -0.497 e. The Kier molecular flexibility index (Phi) is 5.18. The highest BCUT2D eigenvalue weighted by atomic mass is 16.5. The highest BCUT2D eigenvalue weighted by Crippen LogP contribution is 2.11. The Labute approximate surface area is 113 Å². The van der Waals surface area contributed by atoms with Crippen LogP contribution in [-0.4, -0.2) is 45.4 Å². The van der Waals surface area contributed by atoms with Gasteiger partial charge in [-0.05, 0) is 24.1 Å². The number of nitrogens with one attached hydrogen (secondary N) is 2. The maximum Gasteiger partial charge on any atom is 0.239 e. The fraction of sp³-hybridized carbons (Fsp3) is 0.500. The third-order valence-electron chi connectivity index (χ3n) is 3.11. The largest absolute Gasteiger partial charge is 0.497 e. The average Bonchev–Trinajstić information content (AvgIpc) is 2.49. The molecule has 2 rings (SSSR count). The van der Waals surface area contributed by atoms with Crippen LogP contribution < -0.4 is 15.4 Å². The van der Waals surface area contributed by atoms with Gasteiger partial charge < -0.3 is 20.1 Å². The molecule has 0 radical (unpaired) electrons. The molecule has 1 aliphatic heterocycles. The van der Waals surface area contributed by atoms with E-state index in [1.807, 2.05) is 24.3 Å². The Morgan fingerprint density at radius 2 is 2.26 bits per heavy atom. The van der Waals surface area contributed by atoms with Crippen LogP contribution in [-0.2, 0) is 16.0 Å². The van der Waals surface area contributed by atoms with Crippen LogP contribution in [0.1, 0.15) is 5.56 Å². The van der Waals surface area contributed by atoms with Crippen LogP contribution >= 0.6 is 0 Å². The SMILES string of the molecule is COc1ccc(CCNC(=O)C2COCCN2)cc1. The molecular weight excluding hydrogens is 244 g/mol. The smallest absolute Gasteiger partial charge is 0.239 e. The zero-order valence-electron chi connectivity index (χ0n) is 11.1. The first-order valence-electron chi connectivity index (χ1n) is 6.51. The summed E-state index contributed by atoms with van der Waals surface area (Å²) in [6.45, 7) is 2.49. The molecule has 5 nitrogen and oxygen atoms in total. The summed E-state index contributed by atoms with van der Waals surface area (Å²) in [5, 5.41) is 6.05. The van der Waals surface area contributed by atoms with Crippen molar-refractivity contribution in [2.45, 2.75) is 12.5 Å². The van der Waals surface area contributed by atoms with Gasteiger partial charge in [0.1, 0.15) is 11.8 Å². The van der Waals surface area contributed by atoms with Crippen LogP contribution in [0.15, 0.2) is 24.3 Å². The molecule has 0 saturated carbocycles. The van der Waals surface area contributed by atoms with Crippen molar-refractivity contribution < 1.29 is 14.3 Å². The lowest BCUT2D eigenvalue weighted by Crippen LogP contribution is -2.51. The van der Waals surface area contributed by atoms with Crippen molar-refractivity contribution in [2.24, 2.45) is 0 Å². The summed E-state index contributed by atoms with van der Waals surface area (Å²) < 4.78 is 10.4. The normalized spacial score (nSPS) is 18.9. The fourth-order valence-corrected chi connectivity index (χ4v) is 1.98. The number of rotatable bonds is 5. The van der Waals surface area contributed by atoms with Crippen LogP contribution in [0.2, 0.25) is 0 Å². The van der Waals surface area contributed by atoms with E-state index >= 15 is 0 Å².